The first-order valence-corrected chi connectivity index (χ1v) is 6.74. The van der Waals surface area contributed by atoms with E-state index in [0.717, 1.165) is 36.6 Å². The van der Waals surface area contributed by atoms with Crippen LogP contribution in [0.3, 0.4) is 0 Å². The van der Waals surface area contributed by atoms with Gasteiger partial charge in [0.05, 0.1) is 24.5 Å². The molecule has 0 spiro atoms. The van der Waals surface area contributed by atoms with Gasteiger partial charge in [0.2, 0.25) is 0 Å². The van der Waals surface area contributed by atoms with Gasteiger partial charge in [-0.05, 0) is 31.9 Å². The molecule has 3 heterocycles. The van der Waals surface area contributed by atoms with Crippen LogP contribution in [0, 0.1) is 6.92 Å². The summed E-state index contributed by atoms with van der Waals surface area (Å²) < 4.78 is 10.5. The van der Waals surface area contributed by atoms with Crippen LogP contribution >= 0.6 is 0 Å². The van der Waals surface area contributed by atoms with Gasteiger partial charge in [-0.1, -0.05) is 5.16 Å². The third kappa shape index (κ3) is 2.54. The topological polar surface area (TPSA) is 71.5 Å². The quantitative estimate of drug-likeness (QED) is 0.934. The van der Waals surface area contributed by atoms with Crippen molar-refractivity contribution >= 4 is 6.03 Å². The zero-order valence-corrected chi connectivity index (χ0v) is 11.3. The molecular formula is C14H17N3O3. The first-order chi connectivity index (χ1) is 9.74. The van der Waals surface area contributed by atoms with Crippen LogP contribution in [-0.2, 0) is 6.54 Å². The Kier molecular flexibility index (Phi) is 3.45. The summed E-state index contributed by atoms with van der Waals surface area (Å²) in [6.07, 6.45) is 3.47. The largest absolute Gasteiger partial charge is 0.467 e. The predicted molar refractivity (Wildman–Crippen MR) is 70.9 cm³/mol. The Balaban J connectivity index is 1.64. The molecule has 0 aromatic carbocycles. The fraction of sp³-hybridized carbons (Fsp3) is 0.429. The zero-order chi connectivity index (χ0) is 13.9. The molecular weight excluding hydrogens is 258 g/mol. The third-order valence-corrected chi connectivity index (χ3v) is 3.48. The van der Waals surface area contributed by atoms with Crippen LogP contribution in [-0.4, -0.2) is 22.6 Å². The van der Waals surface area contributed by atoms with E-state index in [1.54, 1.807) is 17.2 Å². The van der Waals surface area contributed by atoms with E-state index in [0.29, 0.717) is 6.54 Å². The van der Waals surface area contributed by atoms with Gasteiger partial charge in [0.15, 0.2) is 5.76 Å². The maximum Gasteiger partial charge on any atom is 0.318 e. The molecule has 0 radical (unpaired) electrons. The van der Waals surface area contributed by atoms with Crippen molar-refractivity contribution in [3.8, 4) is 0 Å². The fourth-order valence-corrected chi connectivity index (χ4v) is 2.52. The van der Waals surface area contributed by atoms with Crippen LogP contribution in [0.15, 0.2) is 33.4 Å². The number of carbonyl (C=O) groups is 1. The normalized spacial score (nSPS) is 18.4. The number of carbonyl (C=O) groups excluding carboxylic acids is 1. The monoisotopic (exact) mass is 275 g/mol. The summed E-state index contributed by atoms with van der Waals surface area (Å²) in [5.74, 6) is 1.50. The molecule has 0 unspecified atom stereocenters. The van der Waals surface area contributed by atoms with E-state index in [1.807, 2.05) is 19.1 Å². The fourth-order valence-electron chi connectivity index (χ4n) is 2.52. The Morgan fingerprint density at radius 3 is 3.20 bits per heavy atom. The lowest BCUT2D eigenvalue weighted by molar-refractivity contribution is 0.181. The number of nitrogens with one attached hydrogen (secondary N) is 1. The smallest absolute Gasteiger partial charge is 0.318 e. The summed E-state index contributed by atoms with van der Waals surface area (Å²) >= 11 is 0. The van der Waals surface area contributed by atoms with Crippen molar-refractivity contribution in [3.63, 3.8) is 0 Å². The highest BCUT2D eigenvalue weighted by Crippen LogP contribution is 2.32. The molecule has 3 rings (SSSR count). The predicted octanol–water partition coefficient (Wildman–Crippen LogP) is 2.62. The molecule has 0 bridgehead atoms. The van der Waals surface area contributed by atoms with Crippen LogP contribution < -0.4 is 5.32 Å². The molecule has 1 fully saturated rings. The van der Waals surface area contributed by atoms with Crippen molar-refractivity contribution in [1.29, 1.82) is 0 Å². The number of furan rings is 1. The molecule has 6 nitrogen and oxygen atoms in total. The Labute approximate surface area is 116 Å². The Hall–Kier alpha value is -2.24. The third-order valence-electron chi connectivity index (χ3n) is 3.48. The minimum absolute atomic E-state index is 0.0206. The summed E-state index contributed by atoms with van der Waals surface area (Å²) in [5, 5.41) is 6.76. The van der Waals surface area contributed by atoms with E-state index in [4.69, 9.17) is 8.94 Å². The summed E-state index contributed by atoms with van der Waals surface area (Å²) in [4.78, 5) is 14.0. The highest BCUT2D eigenvalue weighted by atomic mass is 16.5. The molecule has 2 amide bonds. The molecule has 1 N–H and O–H groups in total. The van der Waals surface area contributed by atoms with Gasteiger partial charge in [-0.15, -0.1) is 0 Å². The highest BCUT2D eigenvalue weighted by Gasteiger charge is 2.32. The van der Waals surface area contributed by atoms with E-state index >= 15 is 0 Å². The van der Waals surface area contributed by atoms with Gasteiger partial charge in [0.1, 0.15) is 5.76 Å². The number of urea groups is 1. The SMILES string of the molecule is Cc1cc([C@@H]2CCCN2C(=O)NCc2ccco2)on1. The first kappa shape index (κ1) is 12.8. The molecule has 20 heavy (non-hydrogen) atoms. The summed E-state index contributed by atoms with van der Waals surface area (Å²) in [5.41, 5.74) is 0.836. The van der Waals surface area contributed by atoms with Gasteiger partial charge in [-0.3, -0.25) is 0 Å². The van der Waals surface area contributed by atoms with Crippen molar-refractivity contribution in [2.45, 2.75) is 32.4 Å². The van der Waals surface area contributed by atoms with E-state index in [1.165, 1.54) is 0 Å². The second-order valence-corrected chi connectivity index (χ2v) is 4.96. The summed E-state index contributed by atoms with van der Waals surface area (Å²) in [7, 11) is 0. The molecule has 1 saturated heterocycles. The number of nitrogens with zero attached hydrogens (tertiary/aromatic N) is 2. The maximum atomic E-state index is 12.2. The minimum atomic E-state index is -0.0991. The Morgan fingerprint density at radius 1 is 1.60 bits per heavy atom. The summed E-state index contributed by atoms with van der Waals surface area (Å²) in [6.45, 7) is 3.00. The van der Waals surface area contributed by atoms with Crippen molar-refractivity contribution in [2.24, 2.45) is 0 Å². The second-order valence-electron chi connectivity index (χ2n) is 4.96. The molecule has 1 aliphatic rings. The number of hydrogen-bond donors (Lipinski definition) is 1. The Bertz CT molecular complexity index is 576. The van der Waals surface area contributed by atoms with Crippen LogP contribution in [0.5, 0.6) is 0 Å². The number of rotatable bonds is 3. The number of amides is 2. The second kappa shape index (κ2) is 5.40. The molecule has 2 aromatic rings. The molecule has 6 heteroatoms. The van der Waals surface area contributed by atoms with E-state index in [-0.39, 0.29) is 12.1 Å². The van der Waals surface area contributed by atoms with Crippen LogP contribution in [0.1, 0.15) is 36.1 Å². The highest BCUT2D eigenvalue weighted by molar-refractivity contribution is 5.74. The van der Waals surface area contributed by atoms with Gasteiger partial charge in [0, 0.05) is 12.6 Å². The number of hydrogen-bond acceptors (Lipinski definition) is 4. The van der Waals surface area contributed by atoms with Crippen LogP contribution in [0.2, 0.25) is 0 Å². The van der Waals surface area contributed by atoms with Crippen molar-refractivity contribution in [3.05, 3.63) is 41.7 Å². The van der Waals surface area contributed by atoms with Crippen LogP contribution in [0.25, 0.3) is 0 Å². The Morgan fingerprint density at radius 2 is 2.50 bits per heavy atom. The number of likely N-dealkylation sites (tertiary alicyclic amines) is 1. The van der Waals surface area contributed by atoms with E-state index < -0.39 is 0 Å². The minimum Gasteiger partial charge on any atom is -0.467 e. The maximum absolute atomic E-state index is 12.2. The average molecular weight is 275 g/mol. The van der Waals surface area contributed by atoms with E-state index in [9.17, 15) is 4.79 Å². The molecule has 1 aliphatic heterocycles. The van der Waals surface area contributed by atoms with Gasteiger partial charge >= 0.3 is 6.03 Å². The molecule has 2 aromatic heterocycles. The lowest BCUT2D eigenvalue weighted by atomic mass is 10.1. The van der Waals surface area contributed by atoms with Crippen molar-refractivity contribution in [1.82, 2.24) is 15.4 Å². The number of aryl methyl sites for hydroxylation is 1. The molecule has 106 valence electrons. The lowest BCUT2D eigenvalue weighted by Gasteiger charge is -2.22. The average Bonchev–Trinajstić information content (AvgIpc) is 3.16. The molecule has 1 atom stereocenters. The van der Waals surface area contributed by atoms with Crippen LogP contribution in [0.4, 0.5) is 4.79 Å². The molecule has 0 saturated carbocycles. The zero-order valence-electron chi connectivity index (χ0n) is 11.3. The standard InChI is InChI=1S/C14H17N3O3/c1-10-8-13(20-16-10)12-5-2-6-17(12)14(18)15-9-11-4-3-7-19-11/h3-4,7-8,12H,2,5-6,9H2,1H3,(H,15,18)/t12-/m0/s1. The van der Waals surface area contributed by atoms with Crippen molar-refractivity contribution < 1.29 is 13.7 Å². The first-order valence-electron chi connectivity index (χ1n) is 6.74. The van der Waals surface area contributed by atoms with E-state index in [2.05, 4.69) is 10.5 Å². The van der Waals surface area contributed by atoms with Gasteiger partial charge < -0.3 is 19.2 Å². The lowest BCUT2D eigenvalue weighted by Crippen LogP contribution is -2.39. The molecule has 0 aliphatic carbocycles. The van der Waals surface area contributed by atoms with Gasteiger partial charge in [-0.25, -0.2) is 4.79 Å². The summed E-state index contributed by atoms with van der Waals surface area (Å²) in [6, 6.07) is 5.41. The van der Waals surface area contributed by atoms with Gasteiger partial charge in [-0.2, -0.15) is 0 Å². The van der Waals surface area contributed by atoms with Gasteiger partial charge in [0.25, 0.3) is 0 Å². The van der Waals surface area contributed by atoms with Crippen molar-refractivity contribution in [2.75, 3.05) is 6.54 Å². The number of aromatic nitrogens is 1.